The molecule has 1 saturated heterocycles. The number of nitrogens with zero attached hydrogens (tertiary/aromatic N) is 2. The molecule has 0 unspecified atom stereocenters. The highest BCUT2D eigenvalue weighted by Crippen LogP contribution is 2.44. The highest BCUT2D eigenvalue weighted by Gasteiger charge is 2.36. The van der Waals surface area contributed by atoms with Gasteiger partial charge in [0.05, 0.1) is 17.9 Å². The van der Waals surface area contributed by atoms with E-state index in [2.05, 4.69) is 51.7 Å². The number of rotatable bonds is 10. The minimum Gasteiger partial charge on any atom is -0.449 e. The van der Waals surface area contributed by atoms with Crippen LogP contribution in [0.2, 0.25) is 0 Å². The van der Waals surface area contributed by atoms with E-state index in [-0.39, 0.29) is 24.5 Å². The fourth-order valence-corrected chi connectivity index (χ4v) is 6.98. The van der Waals surface area contributed by atoms with Crippen molar-refractivity contribution in [3.8, 4) is 22.4 Å². The molecule has 7 rings (SSSR count). The van der Waals surface area contributed by atoms with Gasteiger partial charge in [-0.1, -0.05) is 109 Å². The van der Waals surface area contributed by atoms with Gasteiger partial charge in [-0.2, -0.15) is 0 Å². The first-order valence-corrected chi connectivity index (χ1v) is 16.2. The summed E-state index contributed by atoms with van der Waals surface area (Å²) in [6, 6.07) is 35.9. The molecular formula is C39H38N4O3. The number of nitrogens with one attached hydrogen (secondary N) is 2. The van der Waals surface area contributed by atoms with Gasteiger partial charge >= 0.3 is 6.09 Å². The monoisotopic (exact) mass is 610 g/mol. The maximum atomic E-state index is 14.2. The second-order valence-electron chi connectivity index (χ2n) is 12.1. The molecule has 46 heavy (non-hydrogen) atoms. The van der Waals surface area contributed by atoms with Crippen LogP contribution in [0.5, 0.6) is 0 Å². The summed E-state index contributed by atoms with van der Waals surface area (Å²) in [5.74, 6) is 0.627. The van der Waals surface area contributed by atoms with Gasteiger partial charge in [-0.3, -0.25) is 4.79 Å². The molecule has 2 amide bonds. The lowest BCUT2D eigenvalue weighted by Crippen LogP contribution is -2.48. The highest BCUT2D eigenvalue weighted by molar-refractivity contribution is 5.86. The van der Waals surface area contributed by atoms with Crippen LogP contribution in [0.3, 0.4) is 0 Å². The number of benzene rings is 4. The molecule has 232 valence electrons. The van der Waals surface area contributed by atoms with Crippen LogP contribution in [0.15, 0.2) is 115 Å². The molecule has 0 saturated carbocycles. The summed E-state index contributed by atoms with van der Waals surface area (Å²) in [7, 11) is 0. The number of hydrogen-bond acceptors (Lipinski definition) is 4. The van der Waals surface area contributed by atoms with Gasteiger partial charge in [-0.25, -0.2) is 9.78 Å². The van der Waals surface area contributed by atoms with E-state index in [9.17, 15) is 9.59 Å². The highest BCUT2D eigenvalue weighted by atomic mass is 16.5. The summed E-state index contributed by atoms with van der Waals surface area (Å²) in [5.41, 5.74) is 7.83. The number of aryl methyl sites for hydroxylation is 1. The Kier molecular flexibility index (Phi) is 8.63. The number of carbonyl (C=O) groups is 2. The topological polar surface area (TPSA) is 87.3 Å². The molecule has 2 N–H and O–H groups in total. The molecule has 7 nitrogen and oxygen atoms in total. The average molecular weight is 611 g/mol. The van der Waals surface area contributed by atoms with E-state index in [1.54, 1.807) is 0 Å². The SMILES string of the molecule is O=C(N[C@@H](CCCc1ccccc1)C(=O)N1CCC[C@H]1c1ncc(-c2ccccc2)[nH]1)OCC1c2ccccc2-c2ccccc21. The van der Waals surface area contributed by atoms with E-state index in [0.717, 1.165) is 53.9 Å². The van der Waals surface area contributed by atoms with E-state index < -0.39 is 12.1 Å². The minimum atomic E-state index is -0.705. The normalized spacial score (nSPS) is 16.1. The molecular weight excluding hydrogens is 572 g/mol. The van der Waals surface area contributed by atoms with Crippen LogP contribution in [-0.4, -0.2) is 46.1 Å². The van der Waals surface area contributed by atoms with Gasteiger partial charge in [0.1, 0.15) is 18.5 Å². The standard InChI is InChI=1S/C39H38N4O3/c44-38(43-24-12-23-36(43)37-40-25-35(41-37)28-16-5-2-6-17-28)34(22-11-15-27-13-3-1-4-14-27)42-39(45)46-26-33-31-20-9-7-18-29(31)30-19-8-10-21-32(30)33/h1-10,13-14,16-21,25,33-34,36H,11-12,15,22-24,26H2,(H,40,41)(H,42,45)/t34-,36-/m0/s1. The van der Waals surface area contributed by atoms with Crippen molar-refractivity contribution in [2.75, 3.05) is 13.2 Å². The number of ether oxygens (including phenoxy) is 1. The number of likely N-dealkylation sites (tertiary alicyclic amines) is 1. The molecule has 2 atom stereocenters. The van der Waals surface area contributed by atoms with Crippen molar-refractivity contribution in [1.82, 2.24) is 20.2 Å². The van der Waals surface area contributed by atoms with Crippen LogP contribution in [0, 0.1) is 0 Å². The van der Waals surface area contributed by atoms with Crippen molar-refractivity contribution in [1.29, 1.82) is 0 Å². The smallest absolute Gasteiger partial charge is 0.407 e. The van der Waals surface area contributed by atoms with E-state index in [0.29, 0.717) is 13.0 Å². The Bertz CT molecular complexity index is 1760. The zero-order chi connectivity index (χ0) is 31.3. The number of aromatic nitrogens is 2. The van der Waals surface area contributed by atoms with E-state index >= 15 is 0 Å². The summed E-state index contributed by atoms with van der Waals surface area (Å²) in [6.07, 6.45) is 5.03. The lowest BCUT2D eigenvalue weighted by Gasteiger charge is -2.28. The van der Waals surface area contributed by atoms with Crippen molar-refractivity contribution >= 4 is 12.0 Å². The molecule has 7 heteroatoms. The van der Waals surface area contributed by atoms with Gasteiger partial charge in [0.15, 0.2) is 0 Å². The Morgan fingerprint density at radius 2 is 1.52 bits per heavy atom. The Hall–Kier alpha value is -5.17. The molecule has 4 aromatic carbocycles. The summed E-state index contributed by atoms with van der Waals surface area (Å²) < 4.78 is 5.87. The zero-order valence-corrected chi connectivity index (χ0v) is 25.8. The molecule has 1 fully saturated rings. The number of carbonyl (C=O) groups excluding carboxylic acids is 2. The molecule has 1 aliphatic carbocycles. The molecule has 1 aliphatic heterocycles. The number of aromatic amines is 1. The van der Waals surface area contributed by atoms with Crippen LogP contribution in [-0.2, 0) is 16.0 Å². The van der Waals surface area contributed by atoms with Crippen LogP contribution < -0.4 is 5.32 Å². The summed E-state index contributed by atoms with van der Waals surface area (Å²) in [4.78, 5) is 37.6. The van der Waals surface area contributed by atoms with Gasteiger partial charge in [-0.05, 0) is 65.5 Å². The lowest BCUT2D eigenvalue weighted by molar-refractivity contribution is -0.134. The molecule has 5 aromatic rings. The average Bonchev–Trinajstić information content (AvgIpc) is 3.86. The first-order valence-electron chi connectivity index (χ1n) is 16.2. The molecule has 2 heterocycles. The quantitative estimate of drug-likeness (QED) is 0.170. The second kappa shape index (κ2) is 13.4. The van der Waals surface area contributed by atoms with Crippen molar-refractivity contribution < 1.29 is 14.3 Å². The van der Waals surface area contributed by atoms with Crippen LogP contribution >= 0.6 is 0 Å². The second-order valence-corrected chi connectivity index (χ2v) is 12.1. The van der Waals surface area contributed by atoms with Crippen molar-refractivity contribution in [3.05, 3.63) is 138 Å². The van der Waals surface area contributed by atoms with Gasteiger partial charge < -0.3 is 19.9 Å². The van der Waals surface area contributed by atoms with Crippen LogP contribution in [0.1, 0.15) is 60.2 Å². The maximum absolute atomic E-state index is 14.2. The van der Waals surface area contributed by atoms with E-state index in [1.807, 2.05) is 83.9 Å². The lowest BCUT2D eigenvalue weighted by atomic mass is 9.98. The summed E-state index contributed by atoms with van der Waals surface area (Å²) in [6.45, 7) is 0.818. The number of amides is 2. The number of alkyl carbamates (subject to hydrolysis) is 1. The minimum absolute atomic E-state index is 0.0499. The predicted octanol–water partition coefficient (Wildman–Crippen LogP) is 7.67. The Balaban J connectivity index is 1.06. The Labute approximate surface area is 269 Å². The van der Waals surface area contributed by atoms with E-state index in [4.69, 9.17) is 4.74 Å². The number of imidazole rings is 1. The van der Waals surface area contributed by atoms with E-state index in [1.165, 1.54) is 16.7 Å². The maximum Gasteiger partial charge on any atom is 0.407 e. The van der Waals surface area contributed by atoms with Crippen LogP contribution in [0.4, 0.5) is 4.79 Å². The Morgan fingerprint density at radius 3 is 2.24 bits per heavy atom. The number of fused-ring (bicyclic) bond motifs is 3. The Morgan fingerprint density at radius 1 is 0.870 bits per heavy atom. The zero-order valence-electron chi connectivity index (χ0n) is 25.8. The van der Waals surface area contributed by atoms with Gasteiger partial charge in [0.25, 0.3) is 0 Å². The van der Waals surface area contributed by atoms with Gasteiger partial charge in [-0.15, -0.1) is 0 Å². The molecule has 0 radical (unpaired) electrons. The van der Waals surface area contributed by atoms with Crippen molar-refractivity contribution in [2.24, 2.45) is 0 Å². The predicted molar refractivity (Wildman–Crippen MR) is 179 cm³/mol. The summed E-state index contributed by atoms with van der Waals surface area (Å²) >= 11 is 0. The third-order valence-electron chi connectivity index (χ3n) is 9.27. The fraction of sp³-hybridized carbons (Fsp3) is 0.256. The summed E-state index contributed by atoms with van der Waals surface area (Å²) in [5, 5.41) is 2.97. The molecule has 0 bridgehead atoms. The largest absolute Gasteiger partial charge is 0.449 e. The third kappa shape index (κ3) is 6.18. The van der Waals surface area contributed by atoms with Crippen molar-refractivity contribution in [3.63, 3.8) is 0 Å². The molecule has 0 spiro atoms. The number of H-pyrrole nitrogens is 1. The fourth-order valence-electron chi connectivity index (χ4n) is 6.98. The number of hydrogen-bond donors (Lipinski definition) is 2. The van der Waals surface area contributed by atoms with Gasteiger partial charge in [0.2, 0.25) is 5.91 Å². The first-order chi connectivity index (χ1) is 22.7. The van der Waals surface area contributed by atoms with Crippen LogP contribution in [0.25, 0.3) is 22.4 Å². The van der Waals surface area contributed by atoms with Gasteiger partial charge in [0, 0.05) is 12.5 Å². The first kappa shape index (κ1) is 29.5. The third-order valence-corrected chi connectivity index (χ3v) is 9.27. The molecule has 1 aromatic heterocycles. The van der Waals surface area contributed by atoms with Crippen molar-refractivity contribution in [2.45, 2.75) is 50.1 Å². The molecule has 2 aliphatic rings.